The van der Waals surface area contributed by atoms with Crippen molar-refractivity contribution in [1.29, 1.82) is 5.26 Å². The van der Waals surface area contributed by atoms with Gasteiger partial charge in [-0.2, -0.15) is 10.2 Å². The first-order valence-electron chi connectivity index (χ1n) is 9.21. The minimum Gasteiger partial charge on any atom is -0.438 e. The Kier molecular flexibility index (Phi) is 6.19. The van der Waals surface area contributed by atoms with Crippen LogP contribution in [0.4, 0.5) is 0 Å². The van der Waals surface area contributed by atoms with Gasteiger partial charge in [0.15, 0.2) is 0 Å². The summed E-state index contributed by atoms with van der Waals surface area (Å²) in [4.78, 5) is 29.9. The molecule has 152 valence electrons. The molecule has 30 heavy (non-hydrogen) atoms. The fraction of sp³-hybridized carbons (Fsp3) is 0.182. The second-order valence-electron chi connectivity index (χ2n) is 6.56. The average molecular weight is 423 g/mol. The third kappa shape index (κ3) is 4.19. The number of hydrogen-bond donors (Lipinski definition) is 1. The topological polar surface area (TPSA) is 96.5 Å². The molecule has 0 unspecified atom stereocenters. The Morgan fingerprint density at radius 1 is 1.33 bits per heavy atom. The number of aryl methyl sites for hydroxylation is 2. The first-order chi connectivity index (χ1) is 14.3. The number of ether oxygens (including phenoxy) is 1. The molecule has 3 rings (SSSR count). The number of likely N-dealkylation sites (N-methyl/N-ethyl adjacent to an activating group) is 1. The van der Waals surface area contributed by atoms with Crippen LogP contribution in [0.2, 0.25) is 5.02 Å². The first-order valence-corrected chi connectivity index (χ1v) is 9.59. The number of nitrogens with one attached hydrogen (secondary N) is 1. The van der Waals surface area contributed by atoms with E-state index in [1.807, 2.05) is 26.0 Å². The number of nitriles is 1. The van der Waals surface area contributed by atoms with Gasteiger partial charge in [-0.05, 0) is 62.2 Å². The van der Waals surface area contributed by atoms with Crippen molar-refractivity contribution >= 4 is 29.2 Å². The van der Waals surface area contributed by atoms with Crippen molar-refractivity contribution in [3.05, 3.63) is 74.2 Å². The minimum atomic E-state index is -0.581. The van der Waals surface area contributed by atoms with E-state index in [1.54, 1.807) is 37.4 Å². The summed E-state index contributed by atoms with van der Waals surface area (Å²) in [5.74, 6) is -0.164. The van der Waals surface area contributed by atoms with Gasteiger partial charge in [0.2, 0.25) is 5.88 Å². The number of hydrogen-bond acceptors (Lipinski definition) is 5. The van der Waals surface area contributed by atoms with Gasteiger partial charge in [0.1, 0.15) is 28.6 Å². The average Bonchev–Trinajstić information content (AvgIpc) is 2.71. The molecule has 0 aliphatic heterocycles. The van der Waals surface area contributed by atoms with Crippen LogP contribution in [-0.4, -0.2) is 21.8 Å². The molecule has 0 atom stereocenters. The summed E-state index contributed by atoms with van der Waals surface area (Å²) in [6, 6.07) is 10.4. The van der Waals surface area contributed by atoms with Crippen molar-refractivity contribution in [3.8, 4) is 17.7 Å². The van der Waals surface area contributed by atoms with Crippen LogP contribution in [0, 0.1) is 25.2 Å². The third-order valence-electron chi connectivity index (χ3n) is 4.38. The molecule has 0 saturated heterocycles. The summed E-state index contributed by atoms with van der Waals surface area (Å²) in [7, 11) is 0. The second-order valence-corrected chi connectivity index (χ2v) is 6.97. The Morgan fingerprint density at radius 3 is 2.77 bits per heavy atom. The summed E-state index contributed by atoms with van der Waals surface area (Å²) in [6.45, 7) is 5.73. The zero-order valence-corrected chi connectivity index (χ0v) is 17.4. The molecule has 0 radical (unpaired) electrons. The first kappa shape index (κ1) is 21.1. The molecule has 0 aliphatic carbocycles. The number of rotatable bonds is 5. The van der Waals surface area contributed by atoms with E-state index in [0.717, 1.165) is 11.1 Å². The van der Waals surface area contributed by atoms with Gasteiger partial charge in [0.25, 0.3) is 11.5 Å². The molecule has 2 heterocycles. The van der Waals surface area contributed by atoms with E-state index in [2.05, 4.69) is 10.3 Å². The molecule has 2 aromatic heterocycles. The summed E-state index contributed by atoms with van der Waals surface area (Å²) in [6.07, 6.45) is 2.77. The summed E-state index contributed by atoms with van der Waals surface area (Å²) in [5.41, 5.74) is 1.29. The predicted octanol–water partition coefficient (Wildman–Crippen LogP) is 3.80. The van der Waals surface area contributed by atoms with Gasteiger partial charge in [0.05, 0.1) is 0 Å². The quantitative estimate of drug-likeness (QED) is 0.498. The lowest BCUT2D eigenvalue weighted by Gasteiger charge is -2.12. The van der Waals surface area contributed by atoms with Gasteiger partial charge in [-0.25, -0.2) is 0 Å². The van der Waals surface area contributed by atoms with E-state index in [-0.39, 0.29) is 17.0 Å². The summed E-state index contributed by atoms with van der Waals surface area (Å²) >= 11 is 6.08. The Hall–Kier alpha value is -3.63. The van der Waals surface area contributed by atoms with Gasteiger partial charge >= 0.3 is 0 Å². The maximum atomic E-state index is 13.2. The van der Waals surface area contributed by atoms with Crippen LogP contribution in [0.1, 0.15) is 23.6 Å². The molecule has 0 bridgehead atoms. The van der Waals surface area contributed by atoms with E-state index >= 15 is 0 Å². The van der Waals surface area contributed by atoms with Gasteiger partial charge in [0, 0.05) is 17.8 Å². The molecule has 0 aliphatic rings. The lowest BCUT2D eigenvalue weighted by atomic mass is 10.1. The van der Waals surface area contributed by atoms with Crippen LogP contribution in [0.25, 0.3) is 11.7 Å². The number of carbonyl (C=O) groups is 1. The van der Waals surface area contributed by atoms with Crippen LogP contribution in [-0.2, 0) is 4.79 Å². The Labute approximate surface area is 178 Å². The van der Waals surface area contributed by atoms with Gasteiger partial charge < -0.3 is 10.1 Å². The van der Waals surface area contributed by atoms with E-state index in [4.69, 9.17) is 16.3 Å². The van der Waals surface area contributed by atoms with Crippen molar-refractivity contribution in [2.24, 2.45) is 0 Å². The normalized spacial score (nSPS) is 11.2. The highest BCUT2D eigenvalue weighted by Crippen LogP contribution is 2.27. The number of fused-ring (bicyclic) bond motifs is 1. The number of halogens is 1. The monoisotopic (exact) mass is 422 g/mol. The molecule has 8 heteroatoms. The molecule has 1 aromatic carbocycles. The molecule has 1 N–H and O–H groups in total. The van der Waals surface area contributed by atoms with E-state index in [0.29, 0.717) is 23.0 Å². The highest BCUT2D eigenvalue weighted by atomic mass is 35.5. The molecule has 3 aromatic rings. The Balaban J connectivity index is 2.25. The molecular formula is C22H19ClN4O3. The largest absolute Gasteiger partial charge is 0.438 e. The number of nitrogens with zero attached hydrogens (tertiary/aromatic N) is 3. The minimum absolute atomic E-state index is 0.00601. The number of pyridine rings is 1. The zero-order valence-electron chi connectivity index (χ0n) is 16.7. The van der Waals surface area contributed by atoms with Crippen LogP contribution < -0.4 is 15.6 Å². The summed E-state index contributed by atoms with van der Waals surface area (Å²) < 4.78 is 7.26. The van der Waals surface area contributed by atoms with Crippen LogP contribution in [0.15, 0.2) is 46.9 Å². The fourth-order valence-electron chi connectivity index (χ4n) is 2.83. The van der Waals surface area contributed by atoms with Crippen LogP contribution in [0.3, 0.4) is 0 Å². The lowest BCUT2D eigenvalue weighted by Crippen LogP contribution is -2.25. The lowest BCUT2D eigenvalue weighted by molar-refractivity contribution is -0.116. The van der Waals surface area contributed by atoms with Crippen molar-refractivity contribution in [2.45, 2.75) is 20.8 Å². The van der Waals surface area contributed by atoms with Gasteiger partial charge in [-0.15, -0.1) is 0 Å². The number of benzene rings is 1. The summed E-state index contributed by atoms with van der Waals surface area (Å²) in [5, 5.41) is 12.5. The maximum absolute atomic E-state index is 13.2. The maximum Gasteiger partial charge on any atom is 0.269 e. The smallest absolute Gasteiger partial charge is 0.269 e. The van der Waals surface area contributed by atoms with Crippen molar-refractivity contribution in [3.63, 3.8) is 0 Å². The van der Waals surface area contributed by atoms with E-state index in [1.165, 1.54) is 10.5 Å². The third-order valence-corrected chi connectivity index (χ3v) is 4.81. The van der Waals surface area contributed by atoms with E-state index < -0.39 is 11.5 Å². The van der Waals surface area contributed by atoms with Gasteiger partial charge in [-0.3, -0.25) is 14.0 Å². The van der Waals surface area contributed by atoms with Crippen LogP contribution in [0.5, 0.6) is 11.6 Å². The standard InChI is InChI=1S/C22H19ClN4O3/c1-4-25-20(28)15(12-24)11-17-21(30-16-7-8-18(23)14(3)10-16)26-19-13(2)6-5-9-27(19)22(17)29/h5-11H,4H2,1-3H3,(H,25,28). The number of amides is 1. The SMILES string of the molecule is CCNC(=O)C(C#N)=Cc1c(Oc2ccc(Cl)c(C)c2)nc2c(C)cccn2c1=O. The second kappa shape index (κ2) is 8.80. The van der Waals surface area contributed by atoms with Crippen molar-refractivity contribution < 1.29 is 9.53 Å². The number of carbonyl (C=O) groups excluding carboxylic acids is 1. The highest BCUT2D eigenvalue weighted by Gasteiger charge is 2.18. The van der Waals surface area contributed by atoms with Crippen LogP contribution >= 0.6 is 11.6 Å². The molecule has 0 fully saturated rings. The molecular weight excluding hydrogens is 404 g/mol. The Morgan fingerprint density at radius 2 is 2.10 bits per heavy atom. The molecule has 0 spiro atoms. The Bertz CT molecular complexity index is 1270. The van der Waals surface area contributed by atoms with E-state index in [9.17, 15) is 14.9 Å². The molecule has 0 saturated carbocycles. The van der Waals surface area contributed by atoms with Gasteiger partial charge in [-0.1, -0.05) is 17.7 Å². The zero-order chi connectivity index (χ0) is 21.8. The van der Waals surface area contributed by atoms with Crippen molar-refractivity contribution in [1.82, 2.24) is 14.7 Å². The predicted molar refractivity (Wildman–Crippen MR) is 115 cm³/mol. The highest BCUT2D eigenvalue weighted by molar-refractivity contribution is 6.31. The fourth-order valence-corrected chi connectivity index (χ4v) is 2.95. The van der Waals surface area contributed by atoms with Crippen molar-refractivity contribution in [2.75, 3.05) is 6.54 Å². The number of aromatic nitrogens is 2. The molecule has 7 nitrogen and oxygen atoms in total. The molecule has 1 amide bonds.